The van der Waals surface area contributed by atoms with Gasteiger partial charge in [0, 0.05) is 7.05 Å². The Morgan fingerprint density at radius 3 is 2.73 bits per heavy atom. The molecule has 2 rings (SSSR count). The molecular weight excluding hydrogens is 306 g/mol. The fourth-order valence-electron chi connectivity index (χ4n) is 2.14. The maximum Gasteiger partial charge on any atom is 0.321 e. The number of thioether (sulfide) groups is 1. The van der Waals surface area contributed by atoms with Crippen molar-refractivity contribution in [2.24, 2.45) is 0 Å². The van der Waals surface area contributed by atoms with Gasteiger partial charge in [0.1, 0.15) is 0 Å². The summed E-state index contributed by atoms with van der Waals surface area (Å²) in [5.74, 6) is 0.156. The van der Waals surface area contributed by atoms with Crippen molar-refractivity contribution >= 4 is 23.7 Å². The third-order valence-corrected chi connectivity index (χ3v) is 4.30. The lowest BCUT2D eigenvalue weighted by atomic mass is 10.1. The van der Waals surface area contributed by atoms with Crippen LogP contribution < -0.4 is 10.6 Å². The first kappa shape index (κ1) is 16.8. The molecule has 1 aliphatic heterocycles. The molecule has 2 heterocycles. The van der Waals surface area contributed by atoms with Crippen molar-refractivity contribution in [2.75, 3.05) is 20.1 Å². The van der Waals surface area contributed by atoms with Crippen molar-refractivity contribution in [3.8, 4) is 0 Å². The second kappa shape index (κ2) is 8.14. The topological polar surface area (TPSA) is 100 Å². The van der Waals surface area contributed by atoms with E-state index in [1.807, 2.05) is 0 Å². The molecule has 2 N–H and O–H groups in total. The molecule has 1 aromatic rings. The van der Waals surface area contributed by atoms with Crippen molar-refractivity contribution < 1.29 is 14.0 Å². The van der Waals surface area contributed by atoms with Crippen LogP contribution in [-0.2, 0) is 11.3 Å². The molecule has 22 heavy (non-hydrogen) atoms. The van der Waals surface area contributed by atoms with Crippen LogP contribution in [0.5, 0.6) is 0 Å². The minimum Gasteiger partial charge on any atom is -0.415 e. The van der Waals surface area contributed by atoms with Crippen LogP contribution in [0.1, 0.15) is 32.1 Å². The zero-order chi connectivity index (χ0) is 15.9. The summed E-state index contributed by atoms with van der Waals surface area (Å²) in [6.45, 7) is 4.43. The van der Waals surface area contributed by atoms with E-state index in [0.29, 0.717) is 17.7 Å². The van der Waals surface area contributed by atoms with Gasteiger partial charge < -0.3 is 9.73 Å². The summed E-state index contributed by atoms with van der Waals surface area (Å²) in [4.78, 5) is 25.1. The summed E-state index contributed by atoms with van der Waals surface area (Å²) in [6.07, 6.45) is 3.68. The summed E-state index contributed by atoms with van der Waals surface area (Å²) >= 11 is 1.14. The van der Waals surface area contributed by atoms with Crippen LogP contribution >= 0.6 is 11.8 Å². The molecule has 0 spiro atoms. The maximum atomic E-state index is 11.7. The molecule has 1 atom stereocenters. The normalized spacial score (nSPS) is 17.0. The van der Waals surface area contributed by atoms with Crippen LogP contribution in [0.25, 0.3) is 0 Å². The Hall–Kier alpha value is -1.61. The standard InChI is InChI=1S/C13H21N5O3S/c1-9(11(19)15-12(20)14-2)22-13-17-16-10(21-13)8-18-6-4-3-5-7-18/h9H,3-8H2,1-2H3,(H2,14,15,19,20)/t9-/m0/s1. The number of likely N-dealkylation sites (tertiary alicyclic amines) is 1. The van der Waals surface area contributed by atoms with Gasteiger partial charge in [0.2, 0.25) is 11.8 Å². The van der Waals surface area contributed by atoms with Crippen LogP contribution in [0.15, 0.2) is 9.64 Å². The lowest BCUT2D eigenvalue weighted by Gasteiger charge is -2.24. The number of piperidine rings is 1. The van der Waals surface area contributed by atoms with Crippen molar-refractivity contribution in [2.45, 2.75) is 43.2 Å². The maximum absolute atomic E-state index is 11.7. The third kappa shape index (κ3) is 4.99. The second-order valence-electron chi connectivity index (χ2n) is 5.13. The van der Waals surface area contributed by atoms with Gasteiger partial charge in [0.05, 0.1) is 11.8 Å². The largest absolute Gasteiger partial charge is 0.415 e. The molecule has 0 saturated carbocycles. The van der Waals surface area contributed by atoms with Gasteiger partial charge in [-0.1, -0.05) is 18.2 Å². The van der Waals surface area contributed by atoms with Crippen LogP contribution in [0, 0.1) is 0 Å². The van der Waals surface area contributed by atoms with Gasteiger partial charge >= 0.3 is 6.03 Å². The number of carbonyl (C=O) groups excluding carboxylic acids is 2. The molecule has 1 aliphatic rings. The molecule has 0 unspecified atom stereocenters. The number of urea groups is 1. The number of amides is 3. The Morgan fingerprint density at radius 1 is 1.32 bits per heavy atom. The Bertz CT molecular complexity index is 516. The van der Waals surface area contributed by atoms with E-state index >= 15 is 0 Å². The molecule has 3 amide bonds. The molecule has 0 bridgehead atoms. The number of aromatic nitrogens is 2. The zero-order valence-corrected chi connectivity index (χ0v) is 13.6. The molecule has 1 saturated heterocycles. The average Bonchev–Trinajstić information content (AvgIpc) is 2.95. The first-order chi connectivity index (χ1) is 10.6. The van der Waals surface area contributed by atoms with Gasteiger partial charge in [0.15, 0.2) is 0 Å². The highest BCUT2D eigenvalue weighted by Gasteiger charge is 2.20. The van der Waals surface area contributed by atoms with Crippen LogP contribution in [-0.4, -0.2) is 52.4 Å². The quantitative estimate of drug-likeness (QED) is 0.778. The van der Waals surface area contributed by atoms with E-state index < -0.39 is 17.2 Å². The first-order valence-electron chi connectivity index (χ1n) is 7.32. The predicted octanol–water partition coefficient (Wildman–Crippen LogP) is 0.992. The minimum atomic E-state index is -0.534. The smallest absolute Gasteiger partial charge is 0.321 e. The second-order valence-corrected chi connectivity index (χ2v) is 6.42. The van der Waals surface area contributed by atoms with E-state index in [0.717, 1.165) is 24.9 Å². The van der Waals surface area contributed by atoms with Crippen molar-refractivity contribution in [3.63, 3.8) is 0 Å². The highest BCUT2D eigenvalue weighted by molar-refractivity contribution is 8.00. The number of hydrogen-bond acceptors (Lipinski definition) is 7. The zero-order valence-electron chi connectivity index (χ0n) is 12.8. The number of nitrogens with zero attached hydrogens (tertiary/aromatic N) is 3. The lowest BCUT2D eigenvalue weighted by Crippen LogP contribution is -2.41. The van der Waals surface area contributed by atoms with E-state index in [9.17, 15) is 9.59 Å². The van der Waals surface area contributed by atoms with E-state index in [2.05, 4.69) is 25.7 Å². The average molecular weight is 327 g/mol. The summed E-state index contributed by atoms with van der Waals surface area (Å²) in [7, 11) is 1.45. The molecule has 122 valence electrons. The van der Waals surface area contributed by atoms with Crippen LogP contribution in [0.3, 0.4) is 0 Å². The highest BCUT2D eigenvalue weighted by atomic mass is 32.2. The highest BCUT2D eigenvalue weighted by Crippen LogP contribution is 2.22. The summed E-state index contributed by atoms with van der Waals surface area (Å²) < 4.78 is 5.56. The molecule has 1 aromatic heterocycles. The molecule has 9 heteroatoms. The summed E-state index contributed by atoms with van der Waals surface area (Å²) in [6, 6.07) is -0.534. The molecule has 0 radical (unpaired) electrons. The third-order valence-electron chi connectivity index (χ3n) is 3.37. The van der Waals surface area contributed by atoms with Gasteiger partial charge in [-0.25, -0.2) is 4.79 Å². The fourth-order valence-corrected chi connectivity index (χ4v) is 2.84. The van der Waals surface area contributed by atoms with Gasteiger partial charge in [-0.2, -0.15) is 0 Å². The van der Waals surface area contributed by atoms with Gasteiger partial charge in [-0.15, -0.1) is 10.2 Å². The number of rotatable bonds is 5. The van der Waals surface area contributed by atoms with Crippen LogP contribution in [0.2, 0.25) is 0 Å². The van der Waals surface area contributed by atoms with E-state index in [1.165, 1.54) is 26.3 Å². The first-order valence-corrected chi connectivity index (χ1v) is 8.20. The number of carbonyl (C=O) groups is 2. The summed E-state index contributed by atoms with van der Waals surface area (Å²) in [5.41, 5.74) is 0. The van der Waals surface area contributed by atoms with Gasteiger partial charge in [-0.05, 0) is 32.9 Å². The molecule has 0 aromatic carbocycles. The van der Waals surface area contributed by atoms with Gasteiger partial charge in [-0.3, -0.25) is 15.0 Å². The number of imide groups is 1. The van der Waals surface area contributed by atoms with Gasteiger partial charge in [0.25, 0.3) is 5.22 Å². The molecular formula is C13H21N5O3S. The Kier molecular flexibility index (Phi) is 6.20. The Morgan fingerprint density at radius 2 is 2.05 bits per heavy atom. The molecule has 8 nitrogen and oxygen atoms in total. The molecule has 0 aliphatic carbocycles. The van der Waals surface area contributed by atoms with E-state index in [-0.39, 0.29) is 0 Å². The Balaban J connectivity index is 1.83. The monoisotopic (exact) mass is 327 g/mol. The van der Waals surface area contributed by atoms with Crippen molar-refractivity contribution in [3.05, 3.63) is 5.89 Å². The van der Waals surface area contributed by atoms with Crippen LogP contribution in [0.4, 0.5) is 4.79 Å². The predicted molar refractivity (Wildman–Crippen MR) is 81.3 cm³/mol. The summed E-state index contributed by atoms with van der Waals surface area (Å²) in [5, 5.41) is 12.3. The van der Waals surface area contributed by atoms with Crippen molar-refractivity contribution in [1.29, 1.82) is 0 Å². The number of nitrogens with one attached hydrogen (secondary N) is 2. The Labute approximate surface area is 133 Å². The number of hydrogen-bond donors (Lipinski definition) is 2. The van der Waals surface area contributed by atoms with Crippen molar-refractivity contribution in [1.82, 2.24) is 25.7 Å². The minimum absolute atomic E-state index is 0.339. The fraction of sp³-hybridized carbons (Fsp3) is 0.692. The lowest BCUT2D eigenvalue weighted by molar-refractivity contribution is -0.119. The van der Waals surface area contributed by atoms with E-state index in [1.54, 1.807) is 6.92 Å². The van der Waals surface area contributed by atoms with E-state index in [4.69, 9.17) is 4.42 Å². The SMILES string of the molecule is CNC(=O)NC(=O)[C@H](C)Sc1nnc(CN2CCCCC2)o1. The molecule has 1 fully saturated rings.